The normalized spacial score (nSPS) is 28.2. The van der Waals surface area contributed by atoms with Gasteiger partial charge in [0.05, 0.1) is 13.0 Å². The summed E-state index contributed by atoms with van der Waals surface area (Å²) < 4.78 is 4.54. The number of esters is 1. The number of carbonyl (C=O) groups excluding carboxylic acids is 2. The predicted molar refractivity (Wildman–Crippen MR) is 44.9 cm³/mol. The van der Waals surface area contributed by atoms with Gasteiger partial charge in [-0.15, -0.1) is 0 Å². The smallest absolute Gasteiger partial charge is 0.312 e. The van der Waals surface area contributed by atoms with Gasteiger partial charge in [0.15, 0.2) is 5.78 Å². The van der Waals surface area contributed by atoms with E-state index in [1.807, 2.05) is 0 Å². The Bertz CT molecular complexity index is 267. The maximum atomic E-state index is 11.1. The van der Waals surface area contributed by atoms with Crippen molar-refractivity contribution in [1.82, 2.24) is 0 Å². The first-order valence-electron chi connectivity index (χ1n) is 4.04. The largest absolute Gasteiger partial charge is 0.469 e. The van der Waals surface area contributed by atoms with Crippen LogP contribution in [-0.2, 0) is 14.3 Å². The minimum atomic E-state index is -1.06. The number of hydrogen-bond acceptors (Lipinski definition) is 4. The molecule has 4 heteroatoms. The van der Waals surface area contributed by atoms with Crippen molar-refractivity contribution in [2.75, 3.05) is 7.11 Å². The van der Waals surface area contributed by atoms with E-state index in [4.69, 9.17) is 0 Å². The molecule has 1 aliphatic rings. The van der Waals surface area contributed by atoms with Gasteiger partial charge in [0, 0.05) is 0 Å². The van der Waals surface area contributed by atoms with Crippen molar-refractivity contribution in [2.45, 2.75) is 19.4 Å². The molecule has 0 saturated carbocycles. The fourth-order valence-corrected chi connectivity index (χ4v) is 1.37. The van der Waals surface area contributed by atoms with Gasteiger partial charge in [-0.3, -0.25) is 9.59 Å². The lowest BCUT2D eigenvalue weighted by Crippen LogP contribution is -2.32. The fraction of sp³-hybridized carbons (Fsp3) is 0.556. The molecule has 0 bridgehead atoms. The molecule has 0 aromatic heterocycles. The first-order valence-corrected chi connectivity index (χ1v) is 4.04. The second-order valence-corrected chi connectivity index (χ2v) is 3.12. The Balaban J connectivity index is 2.84. The average molecular weight is 184 g/mol. The topological polar surface area (TPSA) is 63.6 Å². The highest BCUT2D eigenvalue weighted by Crippen LogP contribution is 2.23. The summed E-state index contributed by atoms with van der Waals surface area (Å²) in [5.41, 5.74) is 0.655. The van der Waals surface area contributed by atoms with E-state index in [9.17, 15) is 14.7 Å². The molecule has 1 rings (SSSR count). The second-order valence-electron chi connectivity index (χ2n) is 3.12. The summed E-state index contributed by atoms with van der Waals surface area (Å²) in [7, 11) is 1.29. The first-order chi connectivity index (χ1) is 6.06. The third-order valence-electron chi connectivity index (χ3n) is 2.19. The van der Waals surface area contributed by atoms with Crippen LogP contribution >= 0.6 is 0 Å². The lowest BCUT2D eigenvalue weighted by Gasteiger charge is -2.22. The standard InChI is InChI=1S/C9H12O4/c1-5-3-7(10)8(11)4-6(5)9(12)13-2/h3,6,8,11H,4H2,1-2H3/t6-,8+/m0/s1. The first kappa shape index (κ1) is 9.92. The quantitative estimate of drug-likeness (QED) is 0.585. The second kappa shape index (κ2) is 3.70. The van der Waals surface area contributed by atoms with Gasteiger partial charge >= 0.3 is 5.97 Å². The maximum absolute atomic E-state index is 11.1. The molecule has 0 aromatic rings. The number of ether oxygens (including phenoxy) is 1. The Morgan fingerprint density at radius 3 is 2.85 bits per heavy atom. The van der Waals surface area contributed by atoms with E-state index in [-0.39, 0.29) is 12.2 Å². The van der Waals surface area contributed by atoms with Gasteiger partial charge in [-0.25, -0.2) is 0 Å². The van der Waals surface area contributed by atoms with E-state index >= 15 is 0 Å². The molecule has 0 spiro atoms. The van der Waals surface area contributed by atoms with Crippen LogP contribution in [-0.4, -0.2) is 30.1 Å². The van der Waals surface area contributed by atoms with E-state index in [2.05, 4.69) is 4.74 Å². The Labute approximate surface area is 76.2 Å². The van der Waals surface area contributed by atoms with Gasteiger partial charge in [-0.05, 0) is 19.4 Å². The van der Waals surface area contributed by atoms with Gasteiger partial charge in [-0.1, -0.05) is 5.57 Å². The summed E-state index contributed by atoms with van der Waals surface area (Å²) in [6.45, 7) is 1.69. The van der Waals surface area contributed by atoms with Crippen LogP contribution in [0.4, 0.5) is 0 Å². The van der Waals surface area contributed by atoms with Crippen molar-refractivity contribution in [3.63, 3.8) is 0 Å². The molecule has 0 amide bonds. The summed E-state index contributed by atoms with van der Waals surface area (Å²) in [5, 5.41) is 9.21. The number of carbonyl (C=O) groups is 2. The molecule has 0 aliphatic heterocycles. The number of hydrogen-bond donors (Lipinski definition) is 1. The molecule has 4 nitrogen and oxygen atoms in total. The number of rotatable bonds is 1. The van der Waals surface area contributed by atoms with E-state index in [0.717, 1.165) is 0 Å². The Kier molecular flexibility index (Phi) is 2.83. The average Bonchev–Trinajstić information content (AvgIpc) is 2.10. The van der Waals surface area contributed by atoms with Gasteiger partial charge in [-0.2, -0.15) is 0 Å². The SMILES string of the molecule is COC(=O)[C@H]1C[C@@H](O)C(=O)C=C1C. The molecular weight excluding hydrogens is 172 g/mol. The zero-order valence-corrected chi connectivity index (χ0v) is 7.61. The monoisotopic (exact) mass is 184 g/mol. The van der Waals surface area contributed by atoms with Crippen LogP contribution in [0.5, 0.6) is 0 Å². The molecular formula is C9H12O4. The van der Waals surface area contributed by atoms with Crippen LogP contribution in [0.1, 0.15) is 13.3 Å². The summed E-state index contributed by atoms with van der Waals surface area (Å²) >= 11 is 0. The molecule has 72 valence electrons. The molecule has 0 fully saturated rings. The highest BCUT2D eigenvalue weighted by molar-refractivity contribution is 5.96. The zero-order valence-electron chi connectivity index (χ0n) is 7.61. The van der Waals surface area contributed by atoms with E-state index in [1.54, 1.807) is 6.92 Å². The number of methoxy groups -OCH3 is 1. The number of aliphatic hydroxyl groups excluding tert-OH is 1. The van der Waals surface area contributed by atoms with Gasteiger partial charge in [0.2, 0.25) is 0 Å². The minimum absolute atomic E-state index is 0.133. The predicted octanol–water partition coefficient (Wildman–Crippen LogP) is 0.0556. The Morgan fingerprint density at radius 1 is 1.69 bits per heavy atom. The van der Waals surface area contributed by atoms with Crippen LogP contribution in [0.15, 0.2) is 11.6 Å². The molecule has 0 unspecified atom stereocenters. The lowest BCUT2D eigenvalue weighted by molar-refractivity contribution is -0.145. The van der Waals surface area contributed by atoms with Crippen LogP contribution in [0, 0.1) is 5.92 Å². The molecule has 1 N–H and O–H groups in total. The highest BCUT2D eigenvalue weighted by atomic mass is 16.5. The van der Waals surface area contributed by atoms with E-state index < -0.39 is 18.0 Å². The Hall–Kier alpha value is -1.16. The van der Waals surface area contributed by atoms with Crippen molar-refractivity contribution in [3.8, 4) is 0 Å². The van der Waals surface area contributed by atoms with Gasteiger partial charge < -0.3 is 9.84 Å². The molecule has 1 aliphatic carbocycles. The lowest BCUT2D eigenvalue weighted by atomic mass is 9.86. The third-order valence-corrected chi connectivity index (χ3v) is 2.19. The van der Waals surface area contributed by atoms with E-state index in [1.165, 1.54) is 13.2 Å². The molecule has 13 heavy (non-hydrogen) atoms. The van der Waals surface area contributed by atoms with Crippen molar-refractivity contribution < 1.29 is 19.4 Å². The fourth-order valence-electron chi connectivity index (χ4n) is 1.37. The van der Waals surface area contributed by atoms with Crippen molar-refractivity contribution >= 4 is 11.8 Å². The summed E-state index contributed by atoms with van der Waals surface area (Å²) in [4.78, 5) is 22.1. The highest BCUT2D eigenvalue weighted by Gasteiger charge is 2.31. The minimum Gasteiger partial charge on any atom is -0.469 e. The van der Waals surface area contributed by atoms with Crippen LogP contribution in [0.3, 0.4) is 0 Å². The van der Waals surface area contributed by atoms with Gasteiger partial charge in [0.1, 0.15) is 6.10 Å². The van der Waals surface area contributed by atoms with Crippen molar-refractivity contribution in [1.29, 1.82) is 0 Å². The number of aliphatic hydroxyl groups is 1. The third kappa shape index (κ3) is 1.95. The molecule has 0 radical (unpaired) electrons. The molecule has 0 aromatic carbocycles. The van der Waals surface area contributed by atoms with Crippen molar-refractivity contribution in [2.24, 2.45) is 5.92 Å². The van der Waals surface area contributed by atoms with Crippen LogP contribution in [0.25, 0.3) is 0 Å². The van der Waals surface area contributed by atoms with Crippen LogP contribution < -0.4 is 0 Å². The summed E-state index contributed by atoms with van der Waals surface area (Å²) in [5.74, 6) is -1.21. The van der Waals surface area contributed by atoms with Crippen molar-refractivity contribution in [3.05, 3.63) is 11.6 Å². The number of ketones is 1. The zero-order chi connectivity index (χ0) is 10.0. The van der Waals surface area contributed by atoms with E-state index in [0.29, 0.717) is 5.57 Å². The summed E-state index contributed by atoms with van der Waals surface area (Å²) in [6.07, 6.45) is 0.372. The molecule has 2 atom stereocenters. The molecule has 0 heterocycles. The van der Waals surface area contributed by atoms with Crippen LogP contribution in [0.2, 0.25) is 0 Å². The van der Waals surface area contributed by atoms with Gasteiger partial charge in [0.25, 0.3) is 0 Å². The maximum Gasteiger partial charge on any atom is 0.312 e. The summed E-state index contributed by atoms with van der Waals surface area (Å²) in [6, 6.07) is 0. The Morgan fingerprint density at radius 2 is 2.31 bits per heavy atom. The molecule has 0 saturated heterocycles.